The first-order valence-corrected chi connectivity index (χ1v) is 11.9. The monoisotopic (exact) mass is 422 g/mol. The number of ether oxygens (including phenoxy) is 1. The van der Waals surface area contributed by atoms with Crippen molar-refractivity contribution in [2.24, 2.45) is 23.7 Å². The maximum absolute atomic E-state index is 14.4. The molecule has 0 bridgehead atoms. The molecule has 0 aromatic heterocycles. The van der Waals surface area contributed by atoms with Crippen LogP contribution in [0.1, 0.15) is 95.6 Å². The summed E-state index contributed by atoms with van der Waals surface area (Å²) in [5.74, 6) is 2.03. The Labute approximate surface area is 180 Å². The Kier molecular flexibility index (Phi) is 8.71. The van der Waals surface area contributed by atoms with Crippen LogP contribution in [0.5, 0.6) is 5.75 Å². The molecule has 0 spiro atoms. The van der Waals surface area contributed by atoms with E-state index in [4.69, 9.17) is 4.74 Å². The van der Waals surface area contributed by atoms with Gasteiger partial charge in [0.1, 0.15) is 0 Å². The zero-order valence-corrected chi connectivity index (χ0v) is 18.5. The lowest BCUT2D eigenvalue weighted by molar-refractivity contribution is 0.144. The summed E-state index contributed by atoms with van der Waals surface area (Å²) in [7, 11) is 0. The molecule has 0 amide bonds. The topological polar surface area (TPSA) is 9.23 Å². The van der Waals surface area contributed by atoms with Gasteiger partial charge in [-0.1, -0.05) is 50.8 Å². The minimum absolute atomic E-state index is 0.0980. The van der Waals surface area contributed by atoms with Crippen molar-refractivity contribution < 1.29 is 17.9 Å². The molecule has 1 aromatic rings. The van der Waals surface area contributed by atoms with Crippen LogP contribution in [0.2, 0.25) is 0 Å². The van der Waals surface area contributed by atoms with E-state index in [0.717, 1.165) is 30.6 Å². The summed E-state index contributed by atoms with van der Waals surface area (Å²) in [6.45, 7) is 4.24. The van der Waals surface area contributed by atoms with Crippen molar-refractivity contribution in [2.75, 3.05) is 6.61 Å². The third kappa shape index (κ3) is 5.82. The first-order valence-electron chi connectivity index (χ1n) is 11.9. The van der Waals surface area contributed by atoms with Gasteiger partial charge in [0, 0.05) is 0 Å². The highest BCUT2D eigenvalue weighted by Crippen LogP contribution is 2.42. The molecule has 0 saturated heterocycles. The average molecular weight is 423 g/mol. The van der Waals surface area contributed by atoms with Gasteiger partial charge in [-0.3, -0.25) is 0 Å². The molecule has 2 aliphatic carbocycles. The van der Waals surface area contributed by atoms with Gasteiger partial charge in [-0.05, 0) is 80.8 Å². The summed E-state index contributed by atoms with van der Waals surface area (Å²) in [6, 6.07) is 3.00. The van der Waals surface area contributed by atoms with Crippen molar-refractivity contribution in [1.82, 2.24) is 0 Å². The van der Waals surface area contributed by atoms with E-state index in [1.54, 1.807) is 19.1 Å². The molecule has 168 valence electrons. The molecule has 0 unspecified atom stereocenters. The molecule has 3 rings (SSSR count). The number of alkyl halides is 2. The molecule has 1 nitrogen and oxygen atoms in total. The molecule has 30 heavy (non-hydrogen) atoms. The van der Waals surface area contributed by atoms with Crippen LogP contribution in [-0.4, -0.2) is 6.61 Å². The van der Waals surface area contributed by atoms with Crippen LogP contribution in [0.3, 0.4) is 0 Å². The van der Waals surface area contributed by atoms with E-state index >= 15 is 0 Å². The highest BCUT2D eigenvalue weighted by Gasteiger charge is 2.30. The summed E-state index contributed by atoms with van der Waals surface area (Å²) in [6.07, 6.45) is 13.8. The van der Waals surface area contributed by atoms with Gasteiger partial charge >= 0.3 is 0 Å². The molecule has 4 heteroatoms. The lowest BCUT2D eigenvalue weighted by Gasteiger charge is -2.37. The quantitative estimate of drug-likeness (QED) is 0.407. The van der Waals surface area contributed by atoms with Crippen molar-refractivity contribution in [3.8, 4) is 5.75 Å². The Morgan fingerprint density at radius 2 is 1.60 bits per heavy atom. The SMILES string of the molecule is CCCC1CCC(C2CCC(/C=C/c3ccc(OCC)c(F)c3C(F)F)CC2)CC1. The molecule has 2 fully saturated rings. The molecular formula is C26H37F3O. The summed E-state index contributed by atoms with van der Waals surface area (Å²) in [5, 5.41) is 0. The van der Waals surface area contributed by atoms with Crippen LogP contribution in [0.25, 0.3) is 6.08 Å². The average Bonchev–Trinajstić information content (AvgIpc) is 2.75. The fourth-order valence-corrected chi connectivity index (χ4v) is 5.63. The predicted molar refractivity (Wildman–Crippen MR) is 117 cm³/mol. The fourth-order valence-electron chi connectivity index (χ4n) is 5.63. The second-order valence-electron chi connectivity index (χ2n) is 9.22. The Hall–Kier alpha value is -1.45. The van der Waals surface area contributed by atoms with E-state index in [1.165, 1.54) is 57.4 Å². The summed E-state index contributed by atoms with van der Waals surface area (Å²) < 4.78 is 46.5. The summed E-state index contributed by atoms with van der Waals surface area (Å²) >= 11 is 0. The zero-order valence-electron chi connectivity index (χ0n) is 18.5. The smallest absolute Gasteiger partial charge is 0.267 e. The number of hydrogen-bond donors (Lipinski definition) is 0. The van der Waals surface area contributed by atoms with Gasteiger partial charge < -0.3 is 4.74 Å². The van der Waals surface area contributed by atoms with Crippen LogP contribution in [0.4, 0.5) is 13.2 Å². The first kappa shape index (κ1) is 23.2. The predicted octanol–water partition coefficient (Wildman–Crippen LogP) is 8.59. The second-order valence-corrected chi connectivity index (χ2v) is 9.22. The van der Waals surface area contributed by atoms with Gasteiger partial charge in [0.05, 0.1) is 12.2 Å². The van der Waals surface area contributed by atoms with E-state index in [9.17, 15) is 13.2 Å². The van der Waals surface area contributed by atoms with Crippen molar-refractivity contribution >= 4 is 6.08 Å². The number of halogens is 3. The van der Waals surface area contributed by atoms with Crippen LogP contribution >= 0.6 is 0 Å². The highest BCUT2D eigenvalue weighted by molar-refractivity contribution is 5.57. The number of allylic oxidation sites excluding steroid dienone is 1. The number of benzene rings is 1. The van der Waals surface area contributed by atoms with Gasteiger partial charge in [-0.25, -0.2) is 13.2 Å². The molecular weight excluding hydrogens is 385 g/mol. The second kappa shape index (κ2) is 11.2. The van der Waals surface area contributed by atoms with Crippen LogP contribution in [0.15, 0.2) is 18.2 Å². The van der Waals surface area contributed by atoms with Crippen molar-refractivity contribution in [3.63, 3.8) is 0 Å². The lowest BCUT2D eigenvalue weighted by Crippen LogP contribution is -2.25. The van der Waals surface area contributed by atoms with Gasteiger partial charge in [-0.2, -0.15) is 0 Å². The molecule has 0 aliphatic heterocycles. The minimum atomic E-state index is -2.86. The third-order valence-corrected chi connectivity index (χ3v) is 7.32. The summed E-state index contributed by atoms with van der Waals surface area (Å²) in [5.41, 5.74) is -0.281. The van der Waals surface area contributed by atoms with E-state index in [-0.39, 0.29) is 17.9 Å². The van der Waals surface area contributed by atoms with Crippen LogP contribution in [0, 0.1) is 29.5 Å². The van der Waals surface area contributed by atoms with E-state index in [2.05, 4.69) is 6.92 Å². The zero-order chi connectivity index (χ0) is 21.5. The molecule has 0 atom stereocenters. The molecule has 1 aromatic carbocycles. The van der Waals surface area contributed by atoms with Crippen LogP contribution in [-0.2, 0) is 0 Å². The Morgan fingerprint density at radius 3 is 2.17 bits per heavy atom. The van der Waals surface area contributed by atoms with Gasteiger partial charge in [-0.15, -0.1) is 0 Å². The summed E-state index contributed by atoms with van der Waals surface area (Å²) in [4.78, 5) is 0. The van der Waals surface area contributed by atoms with E-state index < -0.39 is 17.8 Å². The van der Waals surface area contributed by atoms with Crippen molar-refractivity contribution in [2.45, 2.75) is 84.5 Å². The maximum atomic E-state index is 14.4. The van der Waals surface area contributed by atoms with Crippen molar-refractivity contribution in [3.05, 3.63) is 35.2 Å². The Morgan fingerprint density at radius 1 is 0.967 bits per heavy atom. The molecule has 0 N–H and O–H groups in total. The number of hydrogen-bond acceptors (Lipinski definition) is 1. The fraction of sp³-hybridized carbons (Fsp3) is 0.692. The lowest BCUT2D eigenvalue weighted by atomic mass is 9.68. The normalized spacial score (nSPS) is 27.7. The Bertz CT molecular complexity index is 684. The largest absolute Gasteiger partial charge is 0.491 e. The molecule has 2 saturated carbocycles. The molecule has 0 radical (unpaired) electrons. The molecule has 2 aliphatic rings. The minimum Gasteiger partial charge on any atom is -0.491 e. The maximum Gasteiger partial charge on any atom is 0.267 e. The van der Waals surface area contributed by atoms with Crippen molar-refractivity contribution in [1.29, 1.82) is 0 Å². The number of rotatable bonds is 8. The highest BCUT2D eigenvalue weighted by atomic mass is 19.3. The van der Waals surface area contributed by atoms with Crippen LogP contribution < -0.4 is 4.74 Å². The standard InChI is InChI=1S/C26H37F3O/c1-3-5-18-6-11-20(12-7-18)21-13-8-19(9-14-21)10-15-22-16-17-23(30-4-2)25(27)24(22)26(28)29/h10,15-21,26H,3-9,11-14H2,1-2H3/b15-10+. The third-order valence-electron chi connectivity index (χ3n) is 7.32. The van der Waals surface area contributed by atoms with Gasteiger partial charge in [0.15, 0.2) is 11.6 Å². The van der Waals surface area contributed by atoms with E-state index in [0.29, 0.717) is 5.92 Å². The Balaban J connectivity index is 1.55. The molecule has 0 heterocycles. The van der Waals surface area contributed by atoms with E-state index in [1.807, 2.05) is 6.08 Å². The van der Waals surface area contributed by atoms with Gasteiger partial charge in [0.2, 0.25) is 0 Å². The van der Waals surface area contributed by atoms with Gasteiger partial charge in [0.25, 0.3) is 6.43 Å². The first-order chi connectivity index (χ1) is 14.5.